The molecule has 19 heteroatoms. The van der Waals surface area contributed by atoms with Gasteiger partial charge in [0.25, 0.3) is 0 Å². The second-order valence-corrected chi connectivity index (χ2v) is 30.3. The molecule has 0 heterocycles. The molecule has 0 aliphatic carbocycles. The van der Waals surface area contributed by atoms with Crippen molar-refractivity contribution in [3.8, 4) is 0 Å². The molecule has 0 fully saturated rings. The van der Waals surface area contributed by atoms with E-state index in [1.165, 1.54) is 173 Å². The number of carbonyl (C=O) groups excluding carboxylic acids is 4. The van der Waals surface area contributed by atoms with Crippen molar-refractivity contribution in [2.24, 2.45) is 17.8 Å². The highest BCUT2D eigenvalue weighted by Crippen LogP contribution is 2.45. The van der Waals surface area contributed by atoms with Crippen LogP contribution in [0.4, 0.5) is 0 Å². The smallest absolute Gasteiger partial charge is 0.462 e. The van der Waals surface area contributed by atoms with Gasteiger partial charge in [0.15, 0.2) is 12.2 Å². The maximum absolute atomic E-state index is 13.0. The van der Waals surface area contributed by atoms with Gasteiger partial charge in [0.2, 0.25) is 0 Å². The van der Waals surface area contributed by atoms with Crippen molar-refractivity contribution in [1.82, 2.24) is 0 Å². The molecule has 91 heavy (non-hydrogen) atoms. The Morgan fingerprint density at radius 2 is 0.505 bits per heavy atom. The number of carbonyl (C=O) groups is 4. The van der Waals surface area contributed by atoms with Crippen LogP contribution in [-0.2, 0) is 65.4 Å². The van der Waals surface area contributed by atoms with Crippen molar-refractivity contribution < 1.29 is 80.2 Å². The normalized spacial score (nSPS) is 14.2. The van der Waals surface area contributed by atoms with Gasteiger partial charge in [0.1, 0.15) is 19.3 Å². The van der Waals surface area contributed by atoms with E-state index in [4.69, 9.17) is 37.0 Å². The number of ether oxygens (including phenoxy) is 4. The maximum Gasteiger partial charge on any atom is 0.472 e. The molecule has 0 saturated carbocycles. The van der Waals surface area contributed by atoms with E-state index in [1.54, 1.807) is 0 Å². The SMILES string of the molecule is CCCCCCCCCCCCC(=O)OC[C@H](COP(=O)(O)OC[C@H](O)COP(=O)(O)OC[C@@H](COC(=O)CCCCCCCCCCC(C)C)OC(=O)CCCCCCCCCCCCCCCCCCC(C)C)OC(=O)CCCCCCCCCCC(C)C. The van der Waals surface area contributed by atoms with Crippen LogP contribution < -0.4 is 0 Å². The lowest BCUT2D eigenvalue weighted by molar-refractivity contribution is -0.161. The number of aliphatic hydroxyl groups is 1. The summed E-state index contributed by atoms with van der Waals surface area (Å²) in [5, 5.41) is 10.6. The van der Waals surface area contributed by atoms with Gasteiger partial charge < -0.3 is 33.8 Å². The molecule has 540 valence electrons. The summed E-state index contributed by atoms with van der Waals surface area (Å²) in [6, 6.07) is 0. The topological polar surface area (TPSA) is 237 Å². The predicted molar refractivity (Wildman–Crippen MR) is 368 cm³/mol. The van der Waals surface area contributed by atoms with Crippen LogP contribution in [0.15, 0.2) is 0 Å². The highest BCUT2D eigenvalue weighted by Gasteiger charge is 2.30. The first-order valence-electron chi connectivity index (χ1n) is 37.3. The van der Waals surface area contributed by atoms with Gasteiger partial charge in [-0.05, 0) is 43.4 Å². The van der Waals surface area contributed by atoms with Crippen LogP contribution in [-0.4, -0.2) is 96.7 Å². The molecule has 0 rings (SSSR count). The van der Waals surface area contributed by atoms with E-state index in [0.717, 1.165) is 108 Å². The first-order valence-corrected chi connectivity index (χ1v) is 40.3. The summed E-state index contributed by atoms with van der Waals surface area (Å²) in [5.41, 5.74) is 0. The largest absolute Gasteiger partial charge is 0.472 e. The Labute approximate surface area is 556 Å². The van der Waals surface area contributed by atoms with Crippen LogP contribution in [0, 0.1) is 17.8 Å². The molecular weight excluding hydrogens is 1200 g/mol. The molecule has 2 unspecified atom stereocenters. The third-order valence-corrected chi connectivity index (χ3v) is 18.5. The van der Waals surface area contributed by atoms with Crippen molar-refractivity contribution in [3.63, 3.8) is 0 Å². The van der Waals surface area contributed by atoms with Gasteiger partial charge in [0, 0.05) is 25.7 Å². The van der Waals surface area contributed by atoms with E-state index in [2.05, 4.69) is 48.5 Å². The Balaban J connectivity index is 5.21. The van der Waals surface area contributed by atoms with Crippen LogP contribution >= 0.6 is 15.6 Å². The Hall–Kier alpha value is -1.94. The van der Waals surface area contributed by atoms with Gasteiger partial charge in [-0.15, -0.1) is 0 Å². The number of aliphatic hydroxyl groups excluding tert-OH is 1. The summed E-state index contributed by atoms with van der Waals surface area (Å²) < 4.78 is 68.3. The molecule has 0 aliphatic rings. The number of phosphoric ester groups is 2. The molecule has 17 nitrogen and oxygen atoms in total. The minimum absolute atomic E-state index is 0.104. The minimum Gasteiger partial charge on any atom is -0.462 e. The first-order chi connectivity index (χ1) is 43.7. The first kappa shape index (κ1) is 89.1. The lowest BCUT2D eigenvalue weighted by atomic mass is 10.0. The number of esters is 4. The molecule has 0 saturated heterocycles. The Kier molecular flexibility index (Phi) is 61.5. The van der Waals surface area contributed by atoms with Gasteiger partial charge >= 0.3 is 39.5 Å². The number of hydrogen-bond donors (Lipinski definition) is 3. The van der Waals surface area contributed by atoms with E-state index in [9.17, 15) is 43.2 Å². The minimum atomic E-state index is -4.95. The van der Waals surface area contributed by atoms with Crippen molar-refractivity contribution in [1.29, 1.82) is 0 Å². The summed E-state index contributed by atoms with van der Waals surface area (Å²) in [5.74, 6) is 0.128. The van der Waals surface area contributed by atoms with Crippen molar-refractivity contribution in [3.05, 3.63) is 0 Å². The van der Waals surface area contributed by atoms with Crippen LogP contribution in [0.2, 0.25) is 0 Å². The lowest BCUT2D eigenvalue weighted by Gasteiger charge is -2.21. The van der Waals surface area contributed by atoms with Gasteiger partial charge in [-0.1, -0.05) is 312 Å². The molecule has 5 atom stereocenters. The summed E-state index contributed by atoms with van der Waals surface area (Å²) in [7, 11) is -9.90. The number of unbranched alkanes of at least 4 members (excludes halogenated alkanes) is 38. The lowest BCUT2D eigenvalue weighted by Crippen LogP contribution is -2.30. The van der Waals surface area contributed by atoms with E-state index < -0.39 is 97.5 Å². The Bertz CT molecular complexity index is 1780. The molecule has 0 aromatic rings. The molecule has 0 aromatic heterocycles. The monoisotopic (exact) mass is 1340 g/mol. The summed E-state index contributed by atoms with van der Waals surface area (Å²) in [4.78, 5) is 72.6. The third kappa shape index (κ3) is 66.5. The fraction of sp³-hybridized carbons (Fsp3) is 0.944. The van der Waals surface area contributed by atoms with Crippen LogP contribution in [0.25, 0.3) is 0 Å². The average molecular weight is 1340 g/mol. The second kappa shape index (κ2) is 62.8. The average Bonchev–Trinajstić information content (AvgIpc) is 3.68. The zero-order chi connectivity index (χ0) is 67.3. The number of phosphoric acid groups is 2. The highest BCUT2D eigenvalue weighted by atomic mass is 31.2. The fourth-order valence-electron chi connectivity index (χ4n) is 10.9. The van der Waals surface area contributed by atoms with Gasteiger partial charge in [-0.3, -0.25) is 37.3 Å². The van der Waals surface area contributed by atoms with E-state index in [0.29, 0.717) is 25.7 Å². The van der Waals surface area contributed by atoms with E-state index >= 15 is 0 Å². The maximum atomic E-state index is 13.0. The van der Waals surface area contributed by atoms with Crippen molar-refractivity contribution in [2.75, 3.05) is 39.6 Å². The summed E-state index contributed by atoms with van der Waals surface area (Å²) in [6.07, 6.45) is 47.3. The van der Waals surface area contributed by atoms with Crippen molar-refractivity contribution in [2.45, 2.75) is 381 Å². The molecule has 0 spiro atoms. The van der Waals surface area contributed by atoms with Gasteiger partial charge in [-0.25, -0.2) is 9.13 Å². The van der Waals surface area contributed by atoms with Crippen LogP contribution in [0.5, 0.6) is 0 Å². The molecular formula is C72H140O17P2. The molecule has 0 bridgehead atoms. The number of rotatable bonds is 70. The summed E-state index contributed by atoms with van der Waals surface area (Å²) in [6.45, 7) is 11.8. The second-order valence-electron chi connectivity index (χ2n) is 27.4. The quantitative estimate of drug-likeness (QED) is 0.0222. The Morgan fingerprint density at radius 1 is 0.297 bits per heavy atom. The van der Waals surface area contributed by atoms with E-state index in [-0.39, 0.29) is 25.7 Å². The zero-order valence-electron chi connectivity index (χ0n) is 59.3. The summed E-state index contributed by atoms with van der Waals surface area (Å²) >= 11 is 0. The van der Waals surface area contributed by atoms with Crippen LogP contribution in [0.1, 0.15) is 363 Å². The molecule has 0 radical (unpaired) electrons. The fourth-order valence-corrected chi connectivity index (χ4v) is 12.5. The molecule has 0 aliphatic heterocycles. The Morgan fingerprint density at radius 3 is 0.747 bits per heavy atom. The highest BCUT2D eigenvalue weighted by molar-refractivity contribution is 7.47. The molecule has 0 aromatic carbocycles. The third-order valence-electron chi connectivity index (χ3n) is 16.6. The molecule has 0 amide bonds. The van der Waals surface area contributed by atoms with Gasteiger partial charge in [-0.2, -0.15) is 0 Å². The predicted octanol–water partition coefficient (Wildman–Crippen LogP) is 20.6. The van der Waals surface area contributed by atoms with Gasteiger partial charge in [0.05, 0.1) is 26.4 Å². The van der Waals surface area contributed by atoms with Crippen molar-refractivity contribution >= 4 is 39.5 Å². The zero-order valence-corrected chi connectivity index (χ0v) is 61.1. The van der Waals surface area contributed by atoms with Crippen LogP contribution in [0.3, 0.4) is 0 Å². The van der Waals surface area contributed by atoms with E-state index in [1.807, 2.05) is 0 Å². The number of hydrogen-bond acceptors (Lipinski definition) is 15. The standard InChI is InChI=1S/C72H140O17P2/c1-8-9-10-11-12-13-23-32-39-46-53-69(74)82-59-68(89-72(77)56-49-42-35-28-26-31-38-45-52-65(6)7)62-87-91(80,81)85-58-66(73)57-84-90(78,79)86-61-67(60-83-70(75)54-47-40-33-27-25-30-37-44-51-64(4)5)88-71(76)55-48-41-34-24-21-19-17-15-14-16-18-20-22-29-36-43-50-63(2)3/h63-68,73H,8-62H2,1-7H3,(H,78,79)(H,80,81)/t66-,67-,68-/m1/s1. The molecule has 3 N–H and O–H groups in total.